The molecule has 1 aromatic rings. The molecule has 3 heteroatoms. The van der Waals surface area contributed by atoms with E-state index in [0.29, 0.717) is 17.7 Å². The number of hydrogen-bond donors (Lipinski definition) is 1. The number of benzene rings is 1. The predicted octanol–water partition coefficient (Wildman–Crippen LogP) is 3.24. The van der Waals surface area contributed by atoms with Gasteiger partial charge in [-0.2, -0.15) is 0 Å². The molecule has 0 saturated carbocycles. The molecule has 1 heterocycles. The van der Waals surface area contributed by atoms with Crippen molar-refractivity contribution in [2.24, 2.45) is 5.41 Å². The van der Waals surface area contributed by atoms with Gasteiger partial charge in [0.1, 0.15) is 0 Å². The van der Waals surface area contributed by atoms with Crippen LogP contribution in [0.5, 0.6) is 0 Å². The van der Waals surface area contributed by atoms with E-state index >= 15 is 0 Å². The van der Waals surface area contributed by atoms with Crippen molar-refractivity contribution in [3.8, 4) is 0 Å². The van der Waals surface area contributed by atoms with Gasteiger partial charge in [0.15, 0.2) is 0 Å². The number of likely N-dealkylation sites (tertiary alicyclic amines) is 1. The standard InChI is InChI=1S/C17H26N2O/c1-17(2)9-8-16(20)19(12-10-17)11-4-6-14-5-3-7-15(18)13-14/h3,5,7,13H,4,6,8-12,18H2,1-2H3. The summed E-state index contributed by atoms with van der Waals surface area (Å²) in [6.07, 6.45) is 4.81. The summed E-state index contributed by atoms with van der Waals surface area (Å²) in [4.78, 5) is 14.1. The molecule has 1 amide bonds. The lowest BCUT2D eigenvalue weighted by Crippen LogP contribution is -2.31. The van der Waals surface area contributed by atoms with Crippen LogP contribution in [0.25, 0.3) is 0 Å². The molecular weight excluding hydrogens is 248 g/mol. The first-order valence-corrected chi connectivity index (χ1v) is 7.58. The summed E-state index contributed by atoms with van der Waals surface area (Å²) in [5, 5.41) is 0. The number of nitrogen functional groups attached to an aromatic ring is 1. The molecular formula is C17H26N2O. The van der Waals surface area contributed by atoms with Crippen molar-refractivity contribution >= 4 is 11.6 Å². The highest BCUT2D eigenvalue weighted by molar-refractivity contribution is 5.76. The van der Waals surface area contributed by atoms with Gasteiger partial charge < -0.3 is 10.6 Å². The average molecular weight is 274 g/mol. The highest BCUT2D eigenvalue weighted by atomic mass is 16.2. The zero-order valence-corrected chi connectivity index (χ0v) is 12.7. The maximum Gasteiger partial charge on any atom is 0.222 e. The van der Waals surface area contributed by atoms with Gasteiger partial charge in [0.25, 0.3) is 0 Å². The van der Waals surface area contributed by atoms with Crippen LogP contribution in [0.2, 0.25) is 0 Å². The van der Waals surface area contributed by atoms with E-state index in [1.165, 1.54) is 5.56 Å². The second-order valence-corrected chi connectivity index (χ2v) is 6.64. The molecule has 1 saturated heterocycles. The van der Waals surface area contributed by atoms with Crippen LogP contribution in [-0.4, -0.2) is 23.9 Å². The third kappa shape index (κ3) is 4.26. The zero-order chi connectivity index (χ0) is 14.6. The monoisotopic (exact) mass is 274 g/mol. The van der Waals surface area contributed by atoms with Crippen LogP contribution in [0.3, 0.4) is 0 Å². The number of amides is 1. The van der Waals surface area contributed by atoms with Gasteiger partial charge in [-0.25, -0.2) is 0 Å². The smallest absolute Gasteiger partial charge is 0.222 e. The topological polar surface area (TPSA) is 46.3 Å². The van der Waals surface area contributed by atoms with Crippen molar-refractivity contribution in [3.63, 3.8) is 0 Å². The molecule has 110 valence electrons. The Bertz CT molecular complexity index is 468. The molecule has 0 bridgehead atoms. The fourth-order valence-electron chi connectivity index (χ4n) is 2.75. The molecule has 1 aromatic carbocycles. The van der Waals surface area contributed by atoms with E-state index < -0.39 is 0 Å². The van der Waals surface area contributed by atoms with E-state index in [1.54, 1.807) is 0 Å². The first kappa shape index (κ1) is 14.9. The van der Waals surface area contributed by atoms with Crippen LogP contribution in [0.15, 0.2) is 24.3 Å². The van der Waals surface area contributed by atoms with Crippen molar-refractivity contribution in [2.45, 2.75) is 46.0 Å². The third-order valence-electron chi connectivity index (χ3n) is 4.27. The molecule has 0 spiro atoms. The van der Waals surface area contributed by atoms with E-state index in [9.17, 15) is 4.79 Å². The lowest BCUT2D eigenvalue weighted by Gasteiger charge is -2.23. The number of rotatable bonds is 4. The van der Waals surface area contributed by atoms with Gasteiger partial charge in [-0.1, -0.05) is 26.0 Å². The molecule has 0 aliphatic carbocycles. The lowest BCUT2D eigenvalue weighted by molar-refractivity contribution is -0.130. The normalized spacial score (nSPS) is 18.9. The summed E-state index contributed by atoms with van der Waals surface area (Å²) < 4.78 is 0. The van der Waals surface area contributed by atoms with Gasteiger partial charge in [-0.05, 0) is 48.8 Å². The zero-order valence-electron chi connectivity index (χ0n) is 12.7. The minimum Gasteiger partial charge on any atom is -0.399 e. The van der Waals surface area contributed by atoms with E-state index in [1.807, 2.05) is 23.1 Å². The first-order valence-electron chi connectivity index (χ1n) is 7.58. The van der Waals surface area contributed by atoms with Crippen LogP contribution < -0.4 is 5.73 Å². The summed E-state index contributed by atoms with van der Waals surface area (Å²) in [6, 6.07) is 8.02. The highest BCUT2D eigenvalue weighted by Crippen LogP contribution is 2.30. The molecule has 2 N–H and O–H groups in total. The van der Waals surface area contributed by atoms with Crippen LogP contribution >= 0.6 is 0 Å². The van der Waals surface area contributed by atoms with Crippen LogP contribution in [0, 0.1) is 5.41 Å². The summed E-state index contributed by atoms with van der Waals surface area (Å²) in [7, 11) is 0. The Hall–Kier alpha value is -1.51. The van der Waals surface area contributed by atoms with Crippen molar-refractivity contribution < 1.29 is 4.79 Å². The van der Waals surface area contributed by atoms with Crippen LogP contribution in [0.4, 0.5) is 5.69 Å². The second-order valence-electron chi connectivity index (χ2n) is 6.64. The van der Waals surface area contributed by atoms with Crippen molar-refractivity contribution in [1.82, 2.24) is 4.90 Å². The highest BCUT2D eigenvalue weighted by Gasteiger charge is 2.26. The van der Waals surface area contributed by atoms with Gasteiger partial charge >= 0.3 is 0 Å². The summed E-state index contributed by atoms with van der Waals surface area (Å²) in [5.41, 5.74) is 8.16. The first-order chi connectivity index (χ1) is 9.46. The summed E-state index contributed by atoms with van der Waals surface area (Å²) in [6.45, 7) is 6.29. The van der Waals surface area contributed by atoms with Gasteiger partial charge in [0, 0.05) is 25.2 Å². The average Bonchev–Trinajstić information content (AvgIpc) is 2.51. The van der Waals surface area contributed by atoms with E-state index in [0.717, 1.165) is 44.5 Å². The lowest BCUT2D eigenvalue weighted by atomic mass is 9.85. The SMILES string of the molecule is CC1(C)CCC(=O)N(CCCc2cccc(N)c2)CC1. The largest absolute Gasteiger partial charge is 0.399 e. The molecule has 1 aliphatic rings. The molecule has 1 fully saturated rings. The van der Waals surface area contributed by atoms with E-state index in [4.69, 9.17) is 5.73 Å². The molecule has 3 nitrogen and oxygen atoms in total. The number of carbonyl (C=O) groups is 1. The maximum atomic E-state index is 12.1. The quantitative estimate of drug-likeness (QED) is 0.857. The van der Waals surface area contributed by atoms with Crippen molar-refractivity contribution in [2.75, 3.05) is 18.8 Å². The molecule has 20 heavy (non-hydrogen) atoms. The van der Waals surface area contributed by atoms with E-state index in [-0.39, 0.29) is 0 Å². The van der Waals surface area contributed by atoms with Crippen LogP contribution in [-0.2, 0) is 11.2 Å². The molecule has 0 unspecified atom stereocenters. The number of aryl methyl sites for hydroxylation is 1. The minimum absolute atomic E-state index is 0.304. The Kier molecular flexibility index (Phi) is 4.69. The molecule has 0 atom stereocenters. The molecule has 1 aliphatic heterocycles. The van der Waals surface area contributed by atoms with Gasteiger partial charge in [-0.3, -0.25) is 4.79 Å². The van der Waals surface area contributed by atoms with Gasteiger partial charge in [-0.15, -0.1) is 0 Å². The number of carbonyl (C=O) groups excluding carboxylic acids is 1. The fraction of sp³-hybridized carbons (Fsp3) is 0.588. The summed E-state index contributed by atoms with van der Waals surface area (Å²) in [5.74, 6) is 0.322. The van der Waals surface area contributed by atoms with Gasteiger partial charge in [0.2, 0.25) is 5.91 Å². The minimum atomic E-state index is 0.304. The number of anilines is 1. The Balaban J connectivity index is 1.82. The van der Waals surface area contributed by atoms with E-state index in [2.05, 4.69) is 19.9 Å². The van der Waals surface area contributed by atoms with Crippen LogP contribution in [0.1, 0.15) is 45.1 Å². The predicted molar refractivity (Wildman–Crippen MR) is 83.4 cm³/mol. The number of nitrogens with two attached hydrogens (primary N) is 1. The van der Waals surface area contributed by atoms with Crippen molar-refractivity contribution in [3.05, 3.63) is 29.8 Å². The second kappa shape index (κ2) is 6.29. The Labute approximate surface area is 122 Å². The maximum absolute atomic E-state index is 12.1. The third-order valence-corrected chi connectivity index (χ3v) is 4.27. The molecule has 2 rings (SSSR count). The van der Waals surface area contributed by atoms with Crippen molar-refractivity contribution in [1.29, 1.82) is 0 Å². The Morgan fingerprint density at radius 3 is 2.85 bits per heavy atom. The molecule has 0 aromatic heterocycles. The Morgan fingerprint density at radius 2 is 2.10 bits per heavy atom. The molecule has 0 radical (unpaired) electrons. The fourth-order valence-corrected chi connectivity index (χ4v) is 2.75. The Morgan fingerprint density at radius 1 is 1.30 bits per heavy atom. The summed E-state index contributed by atoms with van der Waals surface area (Å²) >= 11 is 0. The number of nitrogens with zero attached hydrogens (tertiary/aromatic N) is 1. The van der Waals surface area contributed by atoms with Gasteiger partial charge in [0.05, 0.1) is 0 Å². The number of hydrogen-bond acceptors (Lipinski definition) is 2.